The van der Waals surface area contributed by atoms with Crippen LogP contribution in [0.15, 0.2) is 48.5 Å². The monoisotopic (exact) mass is 431 g/mol. The highest BCUT2D eigenvalue weighted by molar-refractivity contribution is 6.30. The van der Waals surface area contributed by atoms with Gasteiger partial charge in [-0.05, 0) is 48.9 Å². The number of amides is 3. The number of benzene rings is 2. The van der Waals surface area contributed by atoms with Gasteiger partial charge < -0.3 is 20.7 Å². The third kappa shape index (κ3) is 8.74. The first-order valence-corrected chi connectivity index (χ1v) is 9.58. The Balaban J connectivity index is 1.63. The number of anilines is 3. The van der Waals surface area contributed by atoms with Gasteiger partial charge in [0.25, 0.3) is 5.91 Å². The van der Waals surface area contributed by atoms with Crippen LogP contribution in [0.2, 0.25) is 5.02 Å². The van der Waals surface area contributed by atoms with Gasteiger partial charge in [-0.25, -0.2) is 0 Å². The van der Waals surface area contributed by atoms with Crippen molar-refractivity contribution < 1.29 is 23.9 Å². The third-order valence-electron chi connectivity index (χ3n) is 3.75. The molecule has 0 aliphatic heterocycles. The first-order valence-electron chi connectivity index (χ1n) is 9.20. The fourth-order valence-corrected chi connectivity index (χ4v) is 2.63. The molecule has 2 rings (SSSR count). The molecular weight excluding hydrogens is 410 g/mol. The molecule has 0 saturated heterocycles. The van der Waals surface area contributed by atoms with E-state index >= 15 is 0 Å². The van der Waals surface area contributed by atoms with E-state index in [2.05, 4.69) is 16.0 Å². The van der Waals surface area contributed by atoms with E-state index in [1.807, 2.05) is 0 Å². The van der Waals surface area contributed by atoms with Crippen LogP contribution in [0.1, 0.15) is 26.2 Å². The Hall–Kier alpha value is -3.39. The highest BCUT2D eigenvalue weighted by atomic mass is 35.5. The maximum absolute atomic E-state index is 11.9. The summed E-state index contributed by atoms with van der Waals surface area (Å²) in [5, 5.41) is 8.39. The number of hydrogen-bond donors (Lipinski definition) is 3. The van der Waals surface area contributed by atoms with Crippen molar-refractivity contribution in [1.29, 1.82) is 0 Å². The second kappa shape index (κ2) is 11.6. The van der Waals surface area contributed by atoms with Gasteiger partial charge in [-0.3, -0.25) is 19.2 Å². The van der Waals surface area contributed by atoms with Crippen molar-refractivity contribution in [1.82, 2.24) is 0 Å². The Labute approximate surface area is 178 Å². The maximum Gasteiger partial charge on any atom is 0.306 e. The minimum absolute atomic E-state index is 0.0155. The number of carbonyl (C=O) groups excluding carboxylic acids is 4. The van der Waals surface area contributed by atoms with Crippen LogP contribution in [0, 0.1) is 0 Å². The van der Waals surface area contributed by atoms with E-state index in [9.17, 15) is 19.2 Å². The Morgan fingerprint density at radius 3 is 2.10 bits per heavy atom. The summed E-state index contributed by atoms with van der Waals surface area (Å²) < 4.78 is 4.91. The number of ether oxygens (including phenoxy) is 1. The summed E-state index contributed by atoms with van der Waals surface area (Å²) >= 11 is 5.85. The Morgan fingerprint density at radius 1 is 0.833 bits per heavy atom. The van der Waals surface area contributed by atoms with Crippen molar-refractivity contribution in [2.24, 2.45) is 0 Å². The molecule has 8 nitrogen and oxygen atoms in total. The lowest BCUT2D eigenvalue weighted by molar-refractivity contribution is -0.147. The minimum atomic E-state index is -0.568. The van der Waals surface area contributed by atoms with E-state index in [-0.39, 0.29) is 31.1 Å². The van der Waals surface area contributed by atoms with E-state index in [4.69, 9.17) is 16.3 Å². The standard InChI is InChI=1S/C21H22ClN3O5/c1-14(26)23-16-8-10-17(11-9-16)24-20(28)13-30-21(29)7-3-6-19(27)25-18-5-2-4-15(22)12-18/h2,4-5,8-12H,3,6-7,13H2,1H3,(H,23,26)(H,24,28)(H,25,27). The van der Waals surface area contributed by atoms with Crippen molar-refractivity contribution in [3.8, 4) is 0 Å². The smallest absolute Gasteiger partial charge is 0.306 e. The molecule has 0 atom stereocenters. The molecule has 0 aliphatic rings. The van der Waals surface area contributed by atoms with E-state index in [0.29, 0.717) is 22.1 Å². The first kappa shape index (κ1) is 22.9. The molecule has 30 heavy (non-hydrogen) atoms. The number of halogens is 1. The predicted octanol–water partition coefficient (Wildman–Crippen LogP) is 3.59. The van der Waals surface area contributed by atoms with Gasteiger partial charge in [-0.2, -0.15) is 0 Å². The lowest BCUT2D eigenvalue weighted by Crippen LogP contribution is -2.21. The molecule has 3 N–H and O–H groups in total. The van der Waals surface area contributed by atoms with E-state index in [1.165, 1.54) is 6.92 Å². The van der Waals surface area contributed by atoms with Gasteiger partial charge in [0.05, 0.1) is 0 Å². The average Bonchev–Trinajstić information content (AvgIpc) is 2.67. The summed E-state index contributed by atoms with van der Waals surface area (Å²) in [5.41, 5.74) is 1.69. The molecule has 0 heterocycles. The molecule has 3 amide bonds. The van der Waals surface area contributed by atoms with Gasteiger partial charge in [0.15, 0.2) is 6.61 Å². The Bertz CT molecular complexity index is 915. The summed E-state index contributed by atoms with van der Waals surface area (Å²) in [5.74, 6) is -1.50. The molecule has 0 aromatic heterocycles. The van der Waals surface area contributed by atoms with Gasteiger partial charge >= 0.3 is 5.97 Å². The zero-order valence-corrected chi connectivity index (χ0v) is 17.1. The van der Waals surface area contributed by atoms with Gasteiger partial charge in [0, 0.05) is 41.9 Å². The normalized spacial score (nSPS) is 10.1. The van der Waals surface area contributed by atoms with Crippen LogP contribution in [0.5, 0.6) is 0 Å². The number of esters is 1. The van der Waals surface area contributed by atoms with Gasteiger partial charge in [0.1, 0.15) is 0 Å². The minimum Gasteiger partial charge on any atom is -0.456 e. The van der Waals surface area contributed by atoms with Crippen LogP contribution >= 0.6 is 11.6 Å². The Kier molecular flexibility index (Phi) is 8.83. The summed E-state index contributed by atoms with van der Waals surface area (Å²) in [6.45, 7) is 0.969. The van der Waals surface area contributed by atoms with Gasteiger partial charge in [-0.1, -0.05) is 17.7 Å². The lowest BCUT2D eigenvalue weighted by atomic mass is 10.2. The highest BCUT2D eigenvalue weighted by Gasteiger charge is 2.10. The molecule has 158 valence electrons. The van der Waals surface area contributed by atoms with Crippen molar-refractivity contribution in [3.05, 3.63) is 53.6 Å². The summed E-state index contributed by atoms with van der Waals surface area (Å²) in [4.78, 5) is 46.4. The molecule has 0 radical (unpaired) electrons. The Morgan fingerprint density at radius 2 is 1.47 bits per heavy atom. The number of rotatable bonds is 9. The van der Waals surface area contributed by atoms with Crippen molar-refractivity contribution in [3.63, 3.8) is 0 Å². The summed E-state index contributed by atoms with van der Waals surface area (Å²) in [6, 6.07) is 13.3. The molecule has 0 spiro atoms. The largest absolute Gasteiger partial charge is 0.456 e. The van der Waals surface area contributed by atoms with Crippen LogP contribution in [0.25, 0.3) is 0 Å². The SMILES string of the molecule is CC(=O)Nc1ccc(NC(=O)COC(=O)CCCC(=O)Nc2cccc(Cl)c2)cc1. The summed E-state index contributed by atoms with van der Waals surface area (Å²) in [7, 11) is 0. The molecular formula is C21H22ClN3O5. The third-order valence-corrected chi connectivity index (χ3v) is 3.98. The summed E-state index contributed by atoms with van der Waals surface area (Å²) in [6.07, 6.45) is 0.438. The molecule has 0 fully saturated rings. The van der Waals surface area contributed by atoms with Crippen LogP contribution in [-0.4, -0.2) is 30.3 Å². The van der Waals surface area contributed by atoms with Crippen LogP contribution in [0.3, 0.4) is 0 Å². The fraction of sp³-hybridized carbons (Fsp3) is 0.238. The second-order valence-electron chi connectivity index (χ2n) is 6.38. The number of hydrogen-bond acceptors (Lipinski definition) is 5. The van der Waals surface area contributed by atoms with E-state index in [1.54, 1.807) is 48.5 Å². The van der Waals surface area contributed by atoms with Crippen molar-refractivity contribution >= 4 is 52.4 Å². The second-order valence-corrected chi connectivity index (χ2v) is 6.82. The lowest BCUT2D eigenvalue weighted by Gasteiger charge is -2.08. The molecule has 0 unspecified atom stereocenters. The van der Waals surface area contributed by atoms with Crippen molar-refractivity contribution in [2.45, 2.75) is 26.2 Å². The fourth-order valence-electron chi connectivity index (χ4n) is 2.44. The van der Waals surface area contributed by atoms with Gasteiger partial charge in [-0.15, -0.1) is 0 Å². The molecule has 2 aromatic rings. The van der Waals surface area contributed by atoms with Crippen LogP contribution < -0.4 is 16.0 Å². The zero-order valence-electron chi connectivity index (χ0n) is 16.4. The predicted molar refractivity (Wildman–Crippen MR) is 114 cm³/mol. The van der Waals surface area contributed by atoms with Crippen molar-refractivity contribution in [2.75, 3.05) is 22.6 Å². The van der Waals surface area contributed by atoms with Gasteiger partial charge in [0.2, 0.25) is 11.8 Å². The topological polar surface area (TPSA) is 114 Å². The molecule has 9 heteroatoms. The zero-order chi connectivity index (χ0) is 21.9. The number of nitrogens with one attached hydrogen (secondary N) is 3. The molecule has 0 aliphatic carbocycles. The van der Waals surface area contributed by atoms with E-state index in [0.717, 1.165) is 0 Å². The highest BCUT2D eigenvalue weighted by Crippen LogP contribution is 2.15. The van der Waals surface area contributed by atoms with Crippen LogP contribution in [0.4, 0.5) is 17.1 Å². The van der Waals surface area contributed by atoms with E-state index < -0.39 is 18.5 Å². The molecule has 0 saturated carbocycles. The molecule has 2 aromatic carbocycles. The quantitative estimate of drug-likeness (QED) is 0.525. The first-order chi connectivity index (χ1) is 14.3. The average molecular weight is 432 g/mol. The molecule has 0 bridgehead atoms. The number of carbonyl (C=O) groups is 4. The van der Waals surface area contributed by atoms with Crippen LogP contribution in [-0.2, 0) is 23.9 Å². The maximum atomic E-state index is 11.9.